The van der Waals surface area contributed by atoms with Crippen molar-refractivity contribution in [1.29, 1.82) is 0 Å². The lowest BCUT2D eigenvalue weighted by molar-refractivity contribution is -0.129. The summed E-state index contributed by atoms with van der Waals surface area (Å²) in [5.74, 6) is 2.58. The largest absolute Gasteiger partial charge is 0.494 e. The van der Waals surface area contributed by atoms with Crippen LogP contribution in [-0.2, 0) is 4.79 Å². The fraction of sp³-hybridized carbons (Fsp3) is 0.389. The van der Waals surface area contributed by atoms with Crippen molar-refractivity contribution in [3.63, 3.8) is 0 Å². The zero-order valence-electron chi connectivity index (χ0n) is 14.6. The zero-order chi connectivity index (χ0) is 17.6. The van der Waals surface area contributed by atoms with Crippen molar-refractivity contribution in [2.45, 2.75) is 13.8 Å². The highest BCUT2D eigenvalue weighted by atomic mass is 16.5. The molecule has 1 N–H and O–H groups in total. The number of carbonyl (C=O) groups excluding carboxylic acids is 1. The van der Waals surface area contributed by atoms with Crippen molar-refractivity contribution >= 4 is 23.2 Å². The number of amides is 1. The number of anilines is 3. The molecule has 25 heavy (non-hydrogen) atoms. The van der Waals surface area contributed by atoms with Crippen molar-refractivity contribution in [1.82, 2.24) is 14.9 Å². The normalized spacial score (nSPS) is 14.3. The summed E-state index contributed by atoms with van der Waals surface area (Å²) < 4.78 is 5.45. The van der Waals surface area contributed by atoms with Crippen LogP contribution in [0.4, 0.5) is 17.3 Å². The van der Waals surface area contributed by atoms with Gasteiger partial charge in [0, 0.05) is 44.9 Å². The van der Waals surface area contributed by atoms with Crippen molar-refractivity contribution < 1.29 is 9.53 Å². The Balaban J connectivity index is 1.64. The molecule has 0 unspecified atom stereocenters. The lowest BCUT2D eigenvalue weighted by atomic mass is 10.3. The molecular weight excluding hydrogens is 318 g/mol. The van der Waals surface area contributed by atoms with Gasteiger partial charge in [-0.3, -0.25) is 4.79 Å². The van der Waals surface area contributed by atoms with Crippen LogP contribution in [0.5, 0.6) is 5.75 Å². The number of hydrogen-bond acceptors (Lipinski definition) is 6. The number of nitrogens with one attached hydrogen (secondary N) is 1. The minimum Gasteiger partial charge on any atom is -0.494 e. The third-order valence-electron chi connectivity index (χ3n) is 4.14. The van der Waals surface area contributed by atoms with Crippen LogP contribution in [-0.4, -0.2) is 53.6 Å². The van der Waals surface area contributed by atoms with Gasteiger partial charge in [0.25, 0.3) is 0 Å². The summed E-state index contributed by atoms with van der Waals surface area (Å²) in [5, 5.41) is 3.28. The Labute approximate surface area is 147 Å². The van der Waals surface area contributed by atoms with E-state index in [1.54, 1.807) is 13.3 Å². The van der Waals surface area contributed by atoms with Crippen molar-refractivity contribution in [2.75, 3.05) is 43.0 Å². The lowest BCUT2D eigenvalue weighted by Gasteiger charge is -2.34. The molecule has 2 aromatic rings. The molecule has 1 fully saturated rings. The highest BCUT2D eigenvalue weighted by molar-refractivity contribution is 5.73. The van der Waals surface area contributed by atoms with E-state index in [-0.39, 0.29) is 5.91 Å². The molecule has 132 valence electrons. The molecule has 1 aliphatic rings. The number of nitrogens with zero attached hydrogens (tertiary/aromatic N) is 4. The number of rotatable bonds is 5. The monoisotopic (exact) mass is 341 g/mol. The van der Waals surface area contributed by atoms with Gasteiger partial charge in [-0.25, -0.2) is 9.97 Å². The first kappa shape index (κ1) is 17.0. The molecule has 2 heterocycles. The lowest BCUT2D eigenvalue weighted by Crippen LogP contribution is -2.48. The first-order chi connectivity index (χ1) is 12.2. The second-order valence-corrected chi connectivity index (χ2v) is 5.84. The second-order valence-electron chi connectivity index (χ2n) is 5.84. The van der Waals surface area contributed by atoms with Crippen LogP contribution < -0.4 is 15.0 Å². The van der Waals surface area contributed by atoms with Crippen LogP contribution in [0.3, 0.4) is 0 Å². The minimum absolute atomic E-state index is 0.125. The van der Waals surface area contributed by atoms with Gasteiger partial charge in [-0.1, -0.05) is 0 Å². The van der Waals surface area contributed by atoms with Gasteiger partial charge >= 0.3 is 0 Å². The summed E-state index contributed by atoms with van der Waals surface area (Å²) in [5.41, 5.74) is 0.939. The molecule has 7 heteroatoms. The molecule has 1 saturated heterocycles. The molecular formula is C18H23N5O2. The number of hydrogen-bond donors (Lipinski definition) is 1. The molecule has 1 aromatic heterocycles. The Kier molecular flexibility index (Phi) is 5.33. The van der Waals surface area contributed by atoms with Gasteiger partial charge in [0.05, 0.1) is 6.61 Å². The molecule has 1 amide bonds. The van der Waals surface area contributed by atoms with Crippen LogP contribution >= 0.6 is 0 Å². The summed E-state index contributed by atoms with van der Waals surface area (Å²) >= 11 is 0. The molecule has 3 rings (SSSR count). The fourth-order valence-electron chi connectivity index (χ4n) is 2.79. The van der Waals surface area contributed by atoms with Crippen molar-refractivity contribution in [3.05, 3.63) is 36.7 Å². The van der Waals surface area contributed by atoms with Crippen LogP contribution in [0.2, 0.25) is 0 Å². The number of benzene rings is 1. The molecule has 0 atom stereocenters. The minimum atomic E-state index is 0.125. The quantitative estimate of drug-likeness (QED) is 0.900. The van der Waals surface area contributed by atoms with Gasteiger partial charge in [-0.05, 0) is 31.2 Å². The SMILES string of the molecule is CCOc1ccc(Nc2cc(N3CCN(C(C)=O)CC3)ncn2)cc1. The van der Waals surface area contributed by atoms with E-state index < -0.39 is 0 Å². The van der Waals surface area contributed by atoms with E-state index in [2.05, 4.69) is 20.2 Å². The predicted molar refractivity (Wildman–Crippen MR) is 97.4 cm³/mol. The Morgan fingerprint density at radius 3 is 2.52 bits per heavy atom. The molecule has 0 spiro atoms. The Morgan fingerprint density at radius 2 is 1.88 bits per heavy atom. The maximum absolute atomic E-state index is 11.4. The molecule has 0 bridgehead atoms. The zero-order valence-corrected chi connectivity index (χ0v) is 14.6. The number of carbonyl (C=O) groups is 1. The van der Waals surface area contributed by atoms with E-state index in [1.807, 2.05) is 42.2 Å². The number of aromatic nitrogens is 2. The van der Waals surface area contributed by atoms with Gasteiger partial charge in [-0.2, -0.15) is 0 Å². The van der Waals surface area contributed by atoms with Crippen LogP contribution in [0, 0.1) is 0 Å². The predicted octanol–water partition coefficient (Wildman–Crippen LogP) is 2.29. The topological polar surface area (TPSA) is 70.6 Å². The van der Waals surface area contributed by atoms with E-state index in [0.29, 0.717) is 6.61 Å². The van der Waals surface area contributed by atoms with Gasteiger partial charge in [0.2, 0.25) is 5.91 Å². The fourth-order valence-corrected chi connectivity index (χ4v) is 2.79. The van der Waals surface area contributed by atoms with Gasteiger partial charge in [0.15, 0.2) is 0 Å². The average molecular weight is 341 g/mol. The third-order valence-corrected chi connectivity index (χ3v) is 4.14. The van der Waals surface area contributed by atoms with Crippen molar-refractivity contribution in [2.24, 2.45) is 0 Å². The molecule has 0 saturated carbocycles. The maximum Gasteiger partial charge on any atom is 0.219 e. The molecule has 7 nitrogen and oxygen atoms in total. The molecule has 1 aliphatic heterocycles. The summed E-state index contributed by atoms with van der Waals surface area (Å²) in [6.45, 7) is 7.23. The highest BCUT2D eigenvalue weighted by Crippen LogP contribution is 2.21. The summed E-state index contributed by atoms with van der Waals surface area (Å²) in [6.07, 6.45) is 1.56. The van der Waals surface area contributed by atoms with Gasteiger partial charge in [0.1, 0.15) is 23.7 Å². The van der Waals surface area contributed by atoms with E-state index in [4.69, 9.17) is 4.74 Å². The average Bonchev–Trinajstić information content (AvgIpc) is 2.64. The first-order valence-corrected chi connectivity index (χ1v) is 8.48. The van der Waals surface area contributed by atoms with Crippen molar-refractivity contribution in [3.8, 4) is 5.75 Å². The van der Waals surface area contributed by atoms with E-state index >= 15 is 0 Å². The summed E-state index contributed by atoms with van der Waals surface area (Å²) in [4.78, 5) is 24.1. The van der Waals surface area contributed by atoms with Crippen LogP contribution in [0.1, 0.15) is 13.8 Å². The number of ether oxygens (including phenoxy) is 1. The van der Waals surface area contributed by atoms with E-state index in [9.17, 15) is 4.79 Å². The smallest absolute Gasteiger partial charge is 0.219 e. The molecule has 0 aliphatic carbocycles. The highest BCUT2D eigenvalue weighted by Gasteiger charge is 2.19. The maximum atomic E-state index is 11.4. The van der Waals surface area contributed by atoms with Gasteiger partial charge in [-0.15, -0.1) is 0 Å². The summed E-state index contributed by atoms with van der Waals surface area (Å²) in [6, 6.07) is 9.69. The van der Waals surface area contributed by atoms with Gasteiger partial charge < -0.3 is 19.9 Å². The Hall–Kier alpha value is -2.83. The standard InChI is InChI=1S/C18H23N5O2/c1-3-25-16-6-4-15(5-7-16)21-17-12-18(20-13-19-17)23-10-8-22(9-11-23)14(2)24/h4-7,12-13H,3,8-11H2,1-2H3,(H,19,20,21). The second kappa shape index (κ2) is 7.83. The van der Waals surface area contributed by atoms with Crippen LogP contribution in [0.25, 0.3) is 0 Å². The van der Waals surface area contributed by atoms with E-state index in [0.717, 1.165) is 49.3 Å². The molecule has 1 aromatic carbocycles. The Morgan fingerprint density at radius 1 is 1.16 bits per heavy atom. The number of piperazine rings is 1. The third kappa shape index (κ3) is 4.37. The summed E-state index contributed by atoms with van der Waals surface area (Å²) in [7, 11) is 0. The molecule has 0 radical (unpaired) electrons. The first-order valence-electron chi connectivity index (χ1n) is 8.48. The van der Waals surface area contributed by atoms with Crippen LogP contribution in [0.15, 0.2) is 36.7 Å². The Bertz CT molecular complexity index is 712. The van der Waals surface area contributed by atoms with E-state index in [1.165, 1.54) is 0 Å².